The van der Waals surface area contributed by atoms with E-state index in [0.717, 1.165) is 29.3 Å². The fourth-order valence-electron chi connectivity index (χ4n) is 2.36. The number of rotatable bonds is 9. The third-order valence-corrected chi connectivity index (χ3v) is 5.39. The highest BCUT2D eigenvalue weighted by molar-refractivity contribution is 7.89. The van der Waals surface area contributed by atoms with Crippen molar-refractivity contribution >= 4 is 15.9 Å². The first kappa shape index (κ1) is 23.8. The van der Waals surface area contributed by atoms with Crippen LogP contribution in [0.3, 0.4) is 0 Å². The Balaban J connectivity index is 1.87. The molecule has 0 aromatic heterocycles. The van der Waals surface area contributed by atoms with Crippen LogP contribution in [-0.2, 0) is 38.9 Å². The zero-order valence-electron chi connectivity index (χ0n) is 16.5. The van der Waals surface area contributed by atoms with Crippen LogP contribution in [0.25, 0.3) is 0 Å². The molecule has 2 N–H and O–H groups in total. The van der Waals surface area contributed by atoms with E-state index in [0.29, 0.717) is 12.7 Å². The van der Waals surface area contributed by atoms with E-state index in [9.17, 15) is 26.4 Å². The number of hydrogen-bond donors (Lipinski definition) is 2. The minimum absolute atomic E-state index is 0.115. The van der Waals surface area contributed by atoms with Crippen molar-refractivity contribution in [1.29, 1.82) is 0 Å². The lowest BCUT2D eigenvalue weighted by Crippen LogP contribution is -2.36. The van der Waals surface area contributed by atoms with Gasteiger partial charge in [-0.3, -0.25) is 4.79 Å². The standard InChI is InChI=1S/C20H23F3N2O4S/c1-14(2)29-13-16-8-6-15(7-9-16)11-24-19(26)12-25-30(27,28)18-5-3-4-17(10-18)20(21,22)23/h3-10,14,25H,11-13H2,1-2H3,(H,24,26). The van der Waals surface area contributed by atoms with Gasteiger partial charge in [0, 0.05) is 6.54 Å². The van der Waals surface area contributed by atoms with Crippen LogP contribution in [0, 0.1) is 0 Å². The highest BCUT2D eigenvalue weighted by atomic mass is 32.2. The number of ether oxygens (including phenoxy) is 1. The average Bonchev–Trinajstić information content (AvgIpc) is 2.69. The molecule has 2 aromatic carbocycles. The van der Waals surface area contributed by atoms with Gasteiger partial charge >= 0.3 is 6.18 Å². The fraction of sp³-hybridized carbons (Fsp3) is 0.350. The molecule has 0 atom stereocenters. The summed E-state index contributed by atoms with van der Waals surface area (Å²) < 4.78 is 70.1. The van der Waals surface area contributed by atoms with Crippen molar-refractivity contribution in [3.05, 3.63) is 65.2 Å². The highest BCUT2D eigenvalue weighted by Crippen LogP contribution is 2.30. The van der Waals surface area contributed by atoms with Gasteiger partial charge in [-0.1, -0.05) is 30.3 Å². The zero-order chi connectivity index (χ0) is 22.4. The number of amides is 1. The Kier molecular flexibility index (Phi) is 7.99. The molecule has 0 unspecified atom stereocenters. The van der Waals surface area contributed by atoms with Crippen LogP contribution in [0.1, 0.15) is 30.5 Å². The van der Waals surface area contributed by atoms with Gasteiger partial charge in [0.25, 0.3) is 0 Å². The van der Waals surface area contributed by atoms with Gasteiger partial charge in [0.1, 0.15) is 0 Å². The SMILES string of the molecule is CC(C)OCc1ccc(CNC(=O)CNS(=O)(=O)c2cccc(C(F)(F)F)c2)cc1. The first-order chi connectivity index (χ1) is 14.0. The number of nitrogens with one attached hydrogen (secondary N) is 2. The van der Waals surface area contributed by atoms with Crippen molar-refractivity contribution < 1.29 is 31.1 Å². The molecular formula is C20H23F3N2O4S. The van der Waals surface area contributed by atoms with Crippen molar-refractivity contribution in [1.82, 2.24) is 10.0 Å². The van der Waals surface area contributed by atoms with Crippen LogP contribution in [0.15, 0.2) is 53.4 Å². The summed E-state index contributed by atoms with van der Waals surface area (Å²) in [6.07, 6.45) is -4.55. The van der Waals surface area contributed by atoms with Gasteiger partial charge in [-0.2, -0.15) is 13.2 Å². The molecule has 164 valence electrons. The van der Waals surface area contributed by atoms with Crippen LogP contribution >= 0.6 is 0 Å². The molecule has 30 heavy (non-hydrogen) atoms. The summed E-state index contributed by atoms with van der Waals surface area (Å²) in [6, 6.07) is 10.7. The molecular weight excluding hydrogens is 421 g/mol. The van der Waals surface area contributed by atoms with Gasteiger partial charge in [0.15, 0.2) is 0 Å². The maximum absolute atomic E-state index is 12.7. The Bertz CT molecular complexity index is 959. The number of carbonyl (C=O) groups is 1. The van der Waals surface area contributed by atoms with Crippen molar-refractivity contribution in [2.24, 2.45) is 0 Å². The van der Waals surface area contributed by atoms with Crippen LogP contribution in [-0.4, -0.2) is 27.0 Å². The number of hydrogen-bond acceptors (Lipinski definition) is 4. The second-order valence-electron chi connectivity index (χ2n) is 6.80. The monoisotopic (exact) mass is 444 g/mol. The molecule has 0 spiro atoms. The minimum Gasteiger partial charge on any atom is -0.374 e. The first-order valence-corrected chi connectivity index (χ1v) is 10.6. The smallest absolute Gasteiger partial charge is 0.374 e. The van der Waals surface area contributed by atoms with E-state index in [1.54, 1.807) is 0 Å². The average molecular weight is 444 g/mol. The highest BCUT2D eigenvalue weighted by Gasteiger charge is 2.31. The first-order valence-electron chi connectivity index (χ1n) is 9.10. The summed E-state index contributed by atoms with van der Waals surface area (Å²) in [4.78, 5) is 11.4. The number of halogens is 3. The normalized spacial score (nSPS) is 12.2. The van der Waals surface area contributed by atoms with E-state index in [2.05, 4.69) is 5.32 Å². The topological polar surface area (TPSA) is 84.5 Å². The van der Waals surface area contributed by atoms with Gasteiger partial charge < -0.3 is 10.1 Å². The van der Waals surface area contributed by atoms with Crippen molar-refractivity contribution in [3.8, 4) is 0 Å². The van der Waals surface area contributed by atoms with E-state index in [4.69, 9.17) is 4.74 Å². The summed E-state index contributed by atoms with van der Waals surface area (Å²) in [5, 5.41) is 2.55. The van der Waals surface area contributed by atoms with Crippen LogP contribution in [0.5, 0.6) is 0 Å². The molecule has 2 rings (SSSR count). The molecule has 2 aromatic rings. The Morgan fingerprint density at radius 1 is 1.07 bits per heavy atom. The number of benzene rings is 2. The number of sulfonamides is 1. The van der Waals surface area contributed by atoms with E-state index in [1.807, 2.05) is 42.8 Å². The fourth-order valence-corrected chi connectivity index (χ4v) is 3.39. The Labute approximate surface area is 173 Å². The molecule has 0 aliphatic heterocycles. The predicted octanol–water partition coefficient (Wildman–Crippen LogP) is 3.23. The summed E-state index contributed by atoms with van der Waals surface area (Å²) in [6.45, 7) is 3.92. The minimum atomic E-state index is -4.67. The Morgan fingerprint density at radius 3 is 2.30 bits per heavy atom. The molecule has 0 bridgehead atoms. The molecule has 0 fully saturated rings. The van der Waals surface area contributed by atoms with E-state index in [1.165, 1.54) is 0 Å². The lowest BCUT2D eigenvalue weighted by Gasteiger charge is -2.11. The maximum atomic E-state index is 12.7. The molecule has 0 saturated carbocycles. The zero-order valence-corrected chi connectivity index (χ0v) is 17.3. The molecule has 0 radical (unpaired) electrons. The summed E-state index contributed by atoms with van der Waals surface area (Å²) >= 11 is 0. The molecule has 0 saturated heterocycles. The Morgan fingerprint density at radius 2 is 1.70 bits per heavy atom. The lowest BCUT2D eigenvalue weighted by atomic mass is 10.1. The van der Waals surface area contributed by atoms with E-state index >= 15 is 0 Å². The third-order valence-electron chi connectivity index (χ3n) is 3.99. The van der Waals surface area contributed by atoms with E-state index < -0.39 is 39.1 Å². The van der Waals surface area contributed by atoms with Gasteiger partial charge in [-0.15, -0.1) is 0 Å². The second kappa shape index (κ2) is 10.1. The lowest BCUT2D eigenvalue weighted by molar-refractivity contribution is -0.137. The van der Waals surface area contributed by atoms with E-state index in [-0.39, 0.29) is 12.6 Å². The summed E-state index contributed by atoms with van der Waals surface area (Å²) in [5.74, 6) is -0.613. The van der Waals surface area contributed by atoms with Crippen molar-refractivity contribution in [2.45, 2.75) is 44.2 Å². The molecule has 0 aliphatic rings. The quantitative estimate of drug-likeness (QED) is 0.622. The summed E-state index contributed by atoms with van der Waals surface area (Å²) in [5.41, 5.74) is 0.696. The molecule has 6 nitrogen and oxygen atoms in total. The van der Waals surface area contributed by atoms with Crippen LogP contribution < -0.4 is 10.0 Å². The van der Waals surface area contributed by atoms with Gasteiger partial charge in [0.05, 0.1) is 29.7 Å². The van der Waals surface area contributed by atoms with Crippen LogP contribution in [0.4, 0.5) is 13.2 Å². The molecule has 10 heteroatoms. The molecule has 0 heterocycles. The van der Waals surface area contributed by atoms with Gasteiger partial charge in [0.2, 0.25) is 15.9 Å². The number of carbonyl (C=O) groups excluding carboxylic acids is 1. The summed E-state index contributed by atoms with van der Waals surface area (Å²) in [7, 11) is -4.26. The Hall–Kier alpha value is -2.43. The van der Waals surface area contributed by atoms with Crippen LogP contribution in [0.2, 0.25) is 0 Å². The van der Waals surface area contributed by atoms with Gasteiger partial charge in [-0.05, 0) is 43.2 Å². The van der Waals surface area contributed by atoms with Crippen molar-refractivity contribution in [2.75, 3.05) is 6.54 Å². The van der Waals surface area contributed by atoms with Gasteiger partial charge in [-0.25, -0.2) is 13.1 Å². The predicted molar refractivity (Wildman–Crippen MR) is 105 cm³/mol. The molecule has 1 amide bonds. The molecule has 0 aliphatic carbocycles. The third kappa shape index (κ3) is 7.43. The second-order valence-corrected chi connectivity index (χ2v) is 8.57. The number of alkyl halides is 3. The van der Waals surface area contributed by atoms with Crippen molar-refractivity contribution in [3.63, 3.8) is 0 Å². The maximum Gasteiger partial charge on any atom is 0.416 e. The largest absolute Gasteiger partial charge is 0.416 e.